The van der Waals surface area contributed by atoms with Gasteiger partial charge in [0, 0.05) is 28.3 Å². The molecule has 7 nitrogen and oxygen atoms in total. The molecule has 9 heteroatoms. The molecule has 1 N–H and O–H groups in total. The zero-order chi connectivity index (χ0) is 20.3. The lowest BCUT2D eigenvalue weighted by Crippen LogP contribution is -2.10. The fraction of sp³-hybridized carbons (Fsp3) is 0.211. The van der Waals surface area contributed by atoms with Crippen LogP contribution in [-0.4, -0.2) is 26.5 Å². The van der Waals surface area contributed by atoms with Crippen LogP contribution in [0.5, 0.6) is 5.75 Å². The normalized spacial score (nSPS) is 13.1. The van der Waals surface area contributed by atoms with Crippen LogP contribution in [0.2, 0.25) is 0 Å². The van der Waals surface area contributed by atoms with Crippen LogP contribution >= 0.6 is 0 Å². The van der Waals surface area contributed by atoms with E-state index in [-0.39, 0.29) is 5.75 Å². The van der Waals surface area contributed by atoms with E-state index in [4.69, 9.17) is 10.00 Å². The van der Waals surface area contributed by atoms with Crippen LogP contribution in [0, 0.1) is 24.1 Å². The van der Waals surface area contributed by atoms with Gasteiger partial charge in [-0.2, -0.15) is 5.26 Å². The molecule has 0 bridgehead atoms. The maximum Gasteiger partial charge on any atom is 0.181 e. The monoisotopic (exact) mass is 399 g/mol. The van der Waals surface area contributed by atoms with E-state index in [0.717, 1.165) is 10.9 Å². The maximum absolute atomic E-state index is 13.7. The van der Waals surface area contributed by atoms with Gasteiger partial charge in [0.05, 0.1) is 16.9 Å². The predicted octanol–water partition coefficient (Wildman–Crippen LogP) is 4.04. The molecule has 0 radical (unpaired) electrons. The molecule has 0 saturated carbocycles. The molecule has 3 rings (SSSR count). The standard InChI is InChI=1S/C19H18FN5O2S/c1-11-6-14(25-28(3)26)8-16-18(11)19(23-10-22-16)24-15-5-4-13(20)7-17(15)27-12(2)9-21/h4-8,10,12,28H,1-3H3,(H,22,23,24). The van der Waals surface area contributed by atoms with Gasteiger partial charge < -0.3 is 10.1 Å². The molecule has 2 atom stereocenters. The highest BCUT2D eigenvalue weighted by atomic mass is 32.2. The van der Waals surface area contributed by atoms with Gasteiger partial charge in [-0.3, -0.25) is 4.21 Å². The van der Waals surface area contributed by atoms with E-state index in [1.54, 1.807) is 19.1 Å². The minimum atomic E-state index is -1.67. The van der Waals surface area contributed by atoms with Crippen molar-refractivity contribution in [1.29, 1.82) is 5.26 Å². The first-order chi connectivity index (χ1) is 13.4. The third-order valence-electron chi connectivity index (χ3n) is 3.86. The minimum absolute atomic E-state index is 0.202. The van der Waals surface area contributed by atoms with Gasteiger partial charge in [-0.25, -0.2) is 18.7 Å². The second-order valence-electron chi connectivity index (χ2n) is 6.10. The number of aryl methyl sites for hydroxylation is 1. The van der Waals surface area contributed by atoms with Crippen LogP contribution in [0.25, 0.3) is 10.9 Å². The van der Waals surface area contributed by atoms with Gasteiger partial charge >= 0.3 is 0 Å². The topological polar surface area (TPSA) is 100 Å². The summed E-state index contributed by atoms with van der Waals surface area (Å²) >= 11 is 0. The van der Waals surface area contributed by atoms with E-state index in [2.05, 4.69) is 19.6 Å². The van der Waals surface area contributed by atoms with Crippen molar-refractivity contribution in [2.75, 3.05) is 11.6 Å². The molecule has 0 spiro atoms. The lowest BCUT2D eigenvalue weighted by atomic mass is 10.1. The number of halogens is 1. The Hall–Kier alpha value is -3.25. The number of nitriles is 1. The Morgan fingerprint density at radius 3 is 2.82 bits per heavy atom. The van der Waals surface area contributed by atoms with Crippen LogP contribution in [0.15, 0.2) is 41.0 Å². The summed E-state index contributed by atoms with van der Waals surface area (Å²) < 4.78 is 34.7. The first-order valence-corrected chi connectivity index (χ1v) is 10.0. The van der Waals surface area contributed by atoms with Gasteiger partial charge in [0.1, 0.15) is 29.8 Å². The Morgan fingerprint density at radius 2 is 2.11 bits per heavy atom. The number of nitrogens with zero attached hydrogens (tertiary/aromatic N) is 4. The van der Waals surface area contributed by atoms with E-state index in [1.807, 2.05) is 13.0 Å². The summed E-state index contributed by atoms with van der Waals surface area (Å²) in [6.07, 6.45) is 2.17. The molecule has 144 valence electrons. The maximum atomic E-state index is 13.7. The number of anilines is 2. The zero-order valence-electron chi connectivity index (χ0n) is 15.5. The number of hydrogen-bond acceptors (Lipinski definition) is 7. The van der Waals surface area contributed by atoms with E-state index in [0.29, 0.717) is 22.7 Å². The highest BCUT2D eigenvalue weighted by Gasteiger charge is 2.13. The summed E-state index contributed by atoms with van der Waals surface area (Å²) in [6.45, 7) is 3.45. The van der Waals surface area contributed by atoms with E-state index in [1.165, 1.54) is 30.8 Å². The number of fused-ring (bicyclic) bond motifs is 1. The number of rotatable bonds is 5. The van der Waals surface area contributed by atoms with Gasteiger partial charge in [0.25, 0.3) is 0 Å². The van der Waals surface area contributed by atoms with Gasteiger partial charge in [-0.1, -0.05) is 0 Å². The zero-order valence-corrected chi connectivity index (χ0v) is 16.4. The van der Waals surface area contributed by atoms with Crippen molar-refractivity contribution >= 4 is 38.7 Å². The van der Waals surface area contributed by atoms with Crippen molar-refractivity contribution in [2.24, 2.45) is 4.36 Å². The van der Waals surface area contributed by atoms with Crippen LogP contribution in [0.3, 0.4) is 0 Å². The fourth-order valence-corrected chi connectivity index (χ4v) is 3.17. The molecule has 1 heterocycles. The molecule has 2 unspecified atom stereocenters. The third-order valence-corrected chi connectivity index (χ3v) is 4.37. The van der Waals surface area contributed by atoms with Crippen molar-refractivity contribution < 1.29 is 13.3 Å². The van der Waals surface area contributed by atoms with Crippen molar-refractivity contribution in [3.8, 4) is 11.8 Å². The molecule has 0 fully saturated rings. The van der Waals surface area contributed by atoms with Gasteiger partial charge in [0.15, 0.2) is 6.10 Å². The van der Waals surface area contributed by atoms with E-state index < -0.39 is 22.5 Å². The second-order valence-corrected chi connectivity index (χ2v) is 7.23. The Labute approximate surface area is 163 Å². The molecule has 0 aliphatic heterocycles. The Kier molecular flexibility index (Phi) is 5.70. The van der Waals surface area contributed by atoms with Crippen molar-refractivity contribution in [1.82, 2.24) is 9.97 Å². The first-order valence-electron chi connectivity index (χ1n) is 8.38. The quantitative estimate of drug-likeness (QED) is 0.628. The summed E-state index contributed by atoms with van der Waals surface area (Å²) in [5.74, 6) is 0.221. The number of nitrogens with one attached hydrogen (secondary N) is 1. The van der Waals surface area contributed by atoms with Crippen LogP contribution in [-0.2, 0) is 10.6 Å². The molecule has 1 aromatic heterocycles. The first kappa shape index (κ1) is 19.5. The third kappa shape index (κ3) is 4.35. The van der Waals surface area contributed by atoms with Crippen LogP contribution in [0.4, 0.5) is 21.6 Å². The Balaban J connectivity index is 2.08. The Bertz CT molecular complexity index is 1170. The summed E-state index contributed by atoms with van der Waals surface area (Å²) in [5, 5.41) is 12.9. The predicted molar refractivity (Wildman–Crippen MR) is 107 cm³/mol. The van der Waals surface area contributed by atoms with E-state index in [9.17, 15) is 8.60 Å². The molecule has 0 saturated heterocycles. The molecule has 0 amide bonds. The van der Waals surface area contributed by atoms with Gasteiger partial charge in [0.2, 0.25) is 0 Å². The number of benzene rings is 2. The molecule has 0 aliphatic rings. The molecule has 2 aromatic carbocycles. The summed E-state index contributed by atoms with van der Waals surface area (Å²) in [4.78, 5) is 8.56. The van der Waals surface area contributed by atoms with Crippen molar-refractivity contribution in [2.45, 2.75) is 20.0 Å². The molecular weight excluding hydrogens is 381 g/mol. The summed E-state index contributed by atoms with van der Waals surface area (Å²) in [5.41, 5.74) is 2.51. The van der Waals surface area contributed by atoms with Crippen molar-refractivity contribution in [3.63, 3.8) is 0 Å². The molecule has 0 aliphatic carbocycles. The lowest BCUT2D eigenvalue weighted by molar-refractivity contribution is 0.276. The summed E-state index contributed by atoms with van der Waals surface area (Å²) in [7, 11) is -1.67. The highest BCUT2D eigenvalue weighted by Crippen LogP contribution is 2.33. The SMILES string of the molecule is Cc1cc(/N=[SH](\C)=O)cc2ncnc(Nc3ccc(F)cc3OC(C)C#N)c12. The minimum Gasteiger partial charge on any atom is -0.474 e. The van der Waals surface area contributed by atoms with Gasteiger partial charge in [-0.05, 0) is 43.7 Å². The summed E-state index contributed by atoms with van der Waals surface area (Å²) in [6, 6.07) is 9.49. The van der Waals surface area contributed by atoms with Gasteiger partial charge in [-0.15, -0.1) is 0 Å². The fourth-order valence-electron chi connectivity index (χ4n) is 2.73. The van der Waals surface area contributed by atoms with Crippen LogP contribution < -0.4 is 10.1 Å². The smallest absolute Gasteiger partial charge is 0.181 e. The number of hydrogen-bond donors (Lipinski definition) is 2. The average molecular weight is 399 g/mol. The largest absolute Gasteiger partial charge is 0.474 e. The van der Waals surface area contributed by atoms with Crippen molar-refractivity contribution in [3.05, 3.63) is 48.0 Å². The highest BCUT2D eigenvalue weighted by molar-refractivity contribution is 7.74. The molecule has 28 heavy (non-hydrogen) atoms. The number of aromatic nitrogens is 2. The Morgan fingerprint density at radius 1 is 1.32 bits per heavy atom. The molecule has 3 aromatic rings. The van der Waals surface area contributed by atoms with Crippen LogP contribution in [0.1, 0.15) is 12.5 Å². The average Bonchev–Trinajstić information content (AvgIpc) is 2.63. The second kappa shape index (κ2) is 8.19. The number of ether oxygens (including phenoxy) is 1. The van der Waals surface area contributed by atoms with E-state index >= 15 is 0 Å². The molecular formula is C19H18FN5O2S. The lowest BCUT2D eigenvalue weighted by Gasteiger charge is -2.15. The number of thiol groups is 1.